The number of para-hydroxylation sites is 1. The first-order valence-electron chi connectivity index (χ1n) is 8.62. The molecule has 1 aliphatic heterocycles. The predicted octanol–water partition coefficient (Wildman–Crippen LogP) is 3.05. The first-order valence-corrected chi connectivity index (χ1v) is 8.62. The van der Waals surface area contributed by atoms with E-state index in [0.29, 0.717) is 17.5 Å². The van der Waals surface area contributed by atoms with Gasteiger partial charge >= 0.3 is 0 Å². The molecule has 6 heteroatoms. The van der Waals surface area contributed by atoms with Gasteiger partial charge in [-0.2, -0.15) is 5.10 Å². The van der Waals surface area contributed by atoms with E-state index in [0.717, 1.165) is 11.1 Å². The van der Waals surface area contributed by atoms with E-state index in [-0.39, 0.29) is 22.9 Å². The Kier molecular flexibility index (Phi) is 4.08. The fraction of sp³-hybridized carbons (Fsp3) is 0.0952. The van der Waals surface area contributed by atoms with Gasteiger partial charge in [-0.3, -0.25) is 9.59 Å². The number of rotatable bonds is 3. The first kappa shape index (κ1) is 16.8. The fourth-order valence-corrected chi connectivity index (χ4v) is 3.29. The molecule has 0 aliphatic carbocycles. The Morgan fingerprint density at radius 2 is 1.81 bits per heavy atom. The van der Waals surface area contributed by atoms with Gasteiger partial charge in [-0.05, 0) is 24.4 Å². The van der Waals surface area contributed by atoms with E-state index >= 15 is 0 Å². The zero-order valence-corrected chi connectivity index (χ0v) is 14.6. The van der Waals surface area contributed by atoms with Crippen molar-refractivity contribution in [2.24, 2.45) is 5.10 Å². The molecule has 27 heavy (non-hydrogen) atoms. The monoisotopic (exact) mass is 359 g/mol. The van der Waals surface area contributed by atoms with Gasteiger partial charge < -0.3 is 10.0 Å². The number of amides is 2. The standard InChI is InChI=1S/C21H17N3O3/c1-2-24-17-10-6-5-9-15(17)18(21(24)27)22-23-20(26)16-12-11-13-7-3-4-8-14(13)19(16)25/h3-12,25H,2H2,1H3,(H,23,26)/b22-18+. The SMILES string of the molecule is CCN1C(=O)/C(=N/NC(=O)c2ccc3ccccc3c2O)c2ccccc21. The lowest BCUT2D eigenvalue weighted by Crippen LogP contribution is -2.31. The molecule has 0 saturated heterocycles. The Bertz CT molecular complexity index is 1100. The van der Waals surface area contributed by atoms with Gasteiger partial charge in [0.1, 0.15) is 5.75 Å². The lowest BCUT2D eigenvalue weighted by Gasteiger charge is -2.12. The number of benzene rings is 3. The third-order valence-corrected chi connectivity index (χ3v) is 4.63. The molecule has 0 bridgehead atoms. The molecule has 0 spiro atoms. The minimum absolute atomic E-state index is 0.101. The van der Waals surface area contributed by atoms with E-state index < -0.39 is 5.91 Å². The molecule has 6 nitrogen and oxygen atoms in total. The van der Waals surface area contributed by atoms with Crippen LogP contribution in [0.5, 0.6) is 5.75 Å². The number of nitrogens with zero attached hydrogens (tertiary/aromatic N) is 2. The number of phenolic OH excluding ortho intramolecular Hbond substituents is 1. The van der Waals surface area contributed by atoms with Gasteiger partial charge in [-0.25, -0.2) is 5.43 Å². The number of likely N-dealkylation sites (N-methyl/N-ethyl adjacent to an activating group) is 1. The molecule has 134 valence electrons. The summed E-state index contributed by atoms with van der Waals surface area (Å²) in [6, 6.07) is 17.8. The van der Waals surface area contributed by atoms with Crippen LogP contribution in [0.3, 0.4) is 0 Å². The number of anilines is 1. The van der Waals surface area contributed by atoms with Crippen LogP contribution in [-0.4, -0.2) is 29.2 Å². The summed E-state index contributed by atoms with van der Waals surface area (Å²) in [4.78, 5) is 26.7. The Labute approximate surface area is 155 Å². The molecular formula is C21H17N3O3. The molecule has 0 fully saturated rings. The maximum atomic E-state index is 12.6. The summed E-state index contributed by atoms with van der Waals surface area (Å²) in [6.45, 7) is 2.39. The van der Waals surface area contributed by atoms with Crippen LogP contribution in [-0.2, 0) is 4.79 Å². The second-order valence-electron chi connectivity index (χ2n) is 6.15. The van der Waals surface area contributed by atoms with Gasteiger partial charge in [-0.15, -0.1) is 0 Å². The van der Waals surface area contributed by atoms with Crippen LogP contribution in [0.4, 0.5) is 5.69 Å². The number of nitrogens with one attached hydrogen (secondary N) is 1. The van der Waals surface area contributed by atoms with Crippen molar-refractivity contribution < 1.29 is 14.7 Å². The van der Waals surface area contributed by atoms with Crippen LogP contribution in [0.2, 0.25) is 0 Å². The van der Waals surface area contributed by atoms with Crippen molar-refractivity contribution >= 4 is 34.0 Å². The number of fused-ring (bicyclic) bond motifs is 2. The normalized spacial score (nSPS) is 14.6. The van der Waals surface area contributed by atoms with Crippen LogP contribution in [0, 0.1) is 0 Å². The molecule has 3 aromatic carbocycles. The van der Waals surface area contributed by atoms with Crippen molar-refractivity contribution in [3.05, 3.63) is 71.8 Å². The van der Waals surface area contributed by atoms with Gasteiger partial charge in [-0.1, -0.05) is 48.5 Å². The molecule has 1 aliphatic rings. The number of hydrogen-bond donors (Lipinski definition) is 2. The van der Waals surface area contributed by atoms with Gasteiger partial charge in [0.2, 0.25) is 0 Å². The van der Waals surface area contributed by atoms with E-state index in [2.05, 4.69) is 10.5 Å². The van der Waals surface area contributed by atoms with E-state index in [1.807, 2.05) is 37.3 Å². The Morgan fingerprint density at radius 3 is 2.63 bits per heavy atom. The summed E-state index contributed by atoms with van der Waals surface area (Å²) < 4.78 is 0. The van der Waals surface area contributed by atoms with Crippen LogP contribution in [0.1, 0.15) is 22.8 Å². The van der Waals surface area contributed by atoms with Gasteiger partial charge in [0.15, 0.2) is 5.71 Å². The van der Waals surface area contributed by atoms with Crippen molar-refractivity contribution in [3.8, 4) is 5.75 Å². The van der Waals surface area contributed by atoms with Gasteiger partial charge in [0.25, 0.3) is 11.8 Å². The molecule has 0 atom stereocenters. The molecule has 0 unspecified atom stereocenters. The molecule has 2 N–H and O–H groups in total. The molecule has 1 heterocycles. The summed E-state index contributed by atoms with van der Waals surface area (Å²) in [6.07, 6.45) is 0. The van der Waals surface area contributed by atoms with Crippen molar-refractivity contribution in [2.75, 3.05) is 11.4 Å². The molecular weight excluding hydrogens is 342 g/mol. The molecule has 0 saturated carbocycles. The van der Waals surface area contributed by atoms with Crippen molar-refractivity contribution in [2.45, 2.75) is 6.92 Å². The van der Waals surface area contributed by atoms with E-state index in [9.17, 15) is 14.7 Å². The lowest BCUT2D eigenvalue weighted by molar-refractivity contribution is -0.112. The maximum absolute atomic E-state index is 12.6. The quantitative estimate of drug-likeness (QED) is 0.705. The summed E-state index contributed by atoms with van der Waals surface area (Å²) in [5, 5.41) is 15.9. The second-order valence-corrected chi connectivity index (χ2v) is 6.15. The minimum atomic E-state index is -0.578. The summed E-state index contributed by atoms with van der Waals surface area (Å²) in [7, 11) is 0. The zero-order valence-electron chi connectivity index (χ0n) is 14.6. The lowest BCUT2D eigenvalue weighted by atomic mass is 10.1. The average molecular weight is 359 g/mol. The van der Waals surface area contributed by atoms with Crippen molar-refractivity contribution in [1.82, 2.24) is 5.43 Å². The number of hydrazone groups is 1. The van der Waals surface area contributed by atoms with Crippen molar-refractivity contribution in [1.29, 1.82) is 0 Å². The molecule has 3 aromatic rings. The smallest absolute Gasteiger partial charge is 0.279 e. The largest absolute Gasteiger partial charge is 0.506 e. The molecule has 0 aromatic heterocycles. The van der Waals surface area contributed by atoms with Gasteiger partial charge in [0.05, 0.1) is 11.3 Å². The Hall–Kier alpha value is -3.67. The van der Waals surface area contributed by atoms with E-state index in [1.54, 1.807) is 29.2 Å². The fourth-order valence-electron chi connectivity index (χ4n) is 3.29. The minimum Gasteiger partial charge on any atom is -0.506 e. The Balaban J connectivity index is 1.66. The number of carbonyl (C=O) groups is 2. The summed E-state index contributed by atoms with van der Waals surface area (Å²) in [5.74, 6) is -0.952. The van der Waals surface area contributed by atoms with Crippen LogP contribution in [0.25, 0.3) is 10.8 Å². The highest BCUT2D eigenvalue weighted by Crippen LogP contribution is 2.30. The van der Waals surface area contributed by atoms with E-state index in [1.165, 1.54) is 6.07 Å². The predicted molar refractivity (Wildman–Crippen MR) is 104 cm³/mol. The average Bonchev–Trinajstić information content (AvgIpc) is 2.97. The van der Waals surface area contributed by atoms with E-state index in [4.69, 9.17) is 0 Å². The third kappa shape index (κ3) is 2.71. The zero-order chi connectivity index (χ0) is 19.0. The third-order valence-electron chi connectivity index (χ3n) is 4.63. The second kappa shape index (κ2) is 6.57. The highest BCUT2D eigenvalue weighted by Gasteiger charge is 2.33. The van der Waals surface area contributed by atoms with Crippen LogP contribution in [0.15, 0.2) is 65.8 Å². The van der Waals surface area contributed by atoms with Crippen LogP contribution < -0.4 is 10.3 Å². The van der Waals surface area contributed by atoms with Gasteiger partial charge in [0, 0.05) is 17.5 Å². The highest BCUT2D eigenvalue weighted by atomic mass is 16.3. The first-order chi connectivity index (χ1) is 13.1. The summed E-state index contributed by atoms with van der Waals surface area (Å²) in [5.41, 5.74) is 4.13. The number of hydrogen-bond acceptors (Lipinski definition) is 4. The molecule has 2 amide bonds. The number of phenols is 1. The summed E-state index contributed by atoms with van der Waals surface area (Å²) >= 11 is 0. The highest BCUT2D eigenvalue weighted by molar-refractivity contribution is 6.54. The molecule has 4 rings (SSSR count). The topological polar surface area (TPSA) is 82.0 Å². The van der Waals surface area contributed by atoms with Crippen molar-refractivity contribution in [3.63, 3.8) is 0 Å². The Morgan fingerprint density at radius 1 is 1.07 bits per heavy atom. The number of carbonyl (C=O) groups excluding carboxylic acids is 2. The molecule has 0 radical (unpaired) electrons. The van der Waals surface area contributed by atoms with Crippen LogP contribution >= 0.6 is 0 Å². The maximum Gasteiger partial charge on any atom is 0.279 e. The number of aromatic hydroxyl groups is 1.